The van der Waals surface area contributed by atoms with E-state index in [1.165, 1.54) is 50.3 Å². The fourth-order valence-corrected chi connectivity index (χ4v) is 7.56. The Balaban J connectivity index is 1.32. The van der Waals surface area contributed by atoms with Crippen molar-refractivity contribution in [2.75, 3.05) is 12.4 Å². The molecule has 138 valence electrons. The van der Waals surface area contributed by atoms with Gasteiger partial charge < -0.3 is 25.2 Å². The summed E-state index contributed by atoms with van der Waals surface area (Å²) in [5.74, 6) is 3.71. The molecule has 5 nitrogen and oxygen atoms in total. The van der Waals surface area contributed by atoms with Gasteiger partial charge in [-0.3, -0.25) is 0 Å². The highest BCUT2D eigenvalue weighted by Crippen LogP contribution is 2.61. The SMILES string of the molecule is OC[C@H]1O[C@@H](SCCC23CC4CC(CC(C4)C2)C3)[C@H](O)[C@@H](O)[C@H]1O. The van der Waals surface area contributed by atoms with E-state index in [1.54, 1.807) is 0 Å². The molecule has 4 N–H and O–H groups in total. The Kier molecular flexibility index (Phi) is 4.91. The van der Waals surface area contributed by atoms with Gasteiger partial charge in [-0.1, -0.05) is 0 Å². The Morgan fingerprint density at radius 2 is 1.46 bits per heavy atom. The van der Waals surface area contributed by atoms with E-state index in [-0.39, 0.29) is 6.61 Å². The molecule has 0 amide bonds. The second-order valence-corrected chi connectivity index (χ2v) is 9.94. The summed E-state index contributed by atoms with van der Waals surface area (Å²) < 4.78 is 5.60. The number of thioether (sulfide) groups is 1. The second kappa shape index (κ2) is 6.71. The van der Waals surface area contributed by atoms with Gasteiger partial charge in [0.2, 0.25) is 0 Å². The Morgan fingerprint density at radius 1 is 0.875 bits per heavy atom. The molecule has 4 aliphatic carbocycles. The molecule has 1 heterocycles. The van der Waals surface area contributed by atoms with E-state index < -0.39 is 29.9 Å². The summed E-state index contributed by atoms with van der Waals surface area (Å²) in [6, 6.07) is 0. The summed E-state index contributed by atoms with van der Waals surface area (Å²) in [7, 11) is 0. The standard InChI is InChI=1S/C18H30O5S/c19-9-13-14(20)15(21)16(22)17(23-13)24-2-1-18-6-10-3-11(7-18)5-12(4-10)8-18/h10-17,19-22H,1-9H2/t10?,11?,12?,13-,14+,15+,16-,17+,18?/m1/s1. The maximum absolute atomic E-state index is 10.1. The van der Waals surface area contributed by atoms with Gasteiger partial charge in [-0.25, -0.2) is 0 Å². The van der Waals surface area contributed by atoms with Crippen LogP contribution in [0.15, 0.2) is 0 Å². The Morgan fingerprint density at radius 3 is 2.00 bits per heavy atom. The summed E-state index contributed by atoms with van der Waals surface area (Å²) in [5.41, 5.74) is -0.0787. The predicted octanol–water partition coefficient (Wildman–Crippen LogP) is 1.13. The van der Waals surface area contributed by atoms with E-state index in [1.807, 2.05) is 0 Å². The van der Waals surface area contributed by atoms with Crippen LogP contribution in [0.4, 0.5) is 0 Å². The summed E-state index contributed by atoms with van der Waals surface area (Å²) in [4.78, 5) is 0. The average molecular weight is 358 g/mol. The normalized spacial score (nSPS) is 53.5. The van der Waals surface area contributed by atoms with Crippen LogP contribution in [-0.4, -0.2) is 62.6 Å². The zero-order valence-electron chi connectivity index (χ0n) is 14.1. The van der Waals surface area contributed by atoms with Crippen LogP contribution in [0.5, 0.6) is 0 Å². The minimum absolute atomic E-state index is 0.350. The zero-order valence-corrected chi connectivity index (χ0v) is 14.9. The summed E-state index contributed by atoms with van der Waals surface area (Å²) in [6.07, 6.45) is 5.17. The van der Waals surface area contributed by atoms with Crippen molar-refractivity contribution < 1.29 is 25.2 Å². The first-order chi connectivity index (χ1) is 11.5. The number of hydrogen-bond acceptors (Lipinski definition) is 6. The van der Waals surface area contributed by atoms with Crippen molar-refractivity contribution >= 4 is 11.8 Å². The number of aliphatic hydroxyl groups is 4. The molecule has 0 unspecified atom stereocenters. The van der Waals surface area contributed by atoms with Crippen molar-refractivity contribution in [2.24, 2.45) is 23.2 Å². The topological polar surface area (TPSA) is 90.2 Å². The van der Waals surface area contributed by atoms with Crippen molar-refractivity contribution in [1.82, 2.24) is 0 Å². The molecule has 5 fully saturated rings. The molecule has 0 aromatic rings. The molecule has 0 spiro atoms. The fourth-order valence-electron chi connectivity index (χ4n) is 6.19. The van der Waals surface area contributed by atoms with Gasteiger partial charge in [0, 0.05) is 0 Å². The van der Waals surface area contributed by atoms with Gasteiger partial charge in [-0.2, -0.15) is 0 Å². The number of rotatable bonds is 5. The molecule has 4 bridgehead atoms. The highest BCUT2D eigenvalue weighted by Gasteiger charge is 2.50. The second-order valence-electron chi connectivity index (χ2n) is 8.74. The van der Waals surface area contributed by atoms with Gasteiger partial charge in [0.15, 0.2) is 0 Å². The van der Waals surface area contributed by atoms with Crippen LogP contribution < -0.4 is 0 Å². The molecule has 5 atom stereocenters. The summed E-state index contributed by atoms with van der Waals surface area (Å²) in [5, 5.41) is 39.2. The highest BCUT2D eigenvalue weighted by molar-refractivity contribution is 7.99. The van der Waals surface area contributed by atoms with E-state index in [0.717, 1.165) is 29.9 Å². The molecule has 0 aromatic heterocycles. The van der Waals surface area contributed by atoms with E-state index in [2.05, 4.69) is 0 Å². The van der Waals surface area contributed by atoms with Crippen LogP contribution >= 0.6 is 11.8 Å². The first kappa shape index (κ1) is 17.6. The number of aliphatic hydroxyl groups excluding tert-OH is 4. The van der Waals surface area contributed by atoms with Gasteiger partial charge in [0.25, 0.3) is 0 Å². The molecule has 1 aliphatic heterocycles. The first-order valence-electron chi connectivity index (χ1n) is 9.42. The molecule has 5 rings (SSSR count). The lowest BCUT2D eigenvalue weighted by molar-refractivity contribution is -0.205. The smallest absolute Gasteiger partial charge is 0.132 e. The van der Waals surface area contributed by atoms with Crippen molar-refractivity contribution in [2.45, 2.75) is 74.8 Å². The zero-order chi connectivity index (χ0) is 16.9. The Bertz CT molecular complexity index is 421. The molecule has 24 heavy (non-hydrogen) atoms. The molecular formula is C18H30O5S. The monoisotopic (exact) mass is 358 g/mol. The maximum Gasteiger partial charge on any atom is 0.132 e. The highest BCUT2D eigenvalue weighted by atomic mass is 32.2. The van der Waals surface area contributed by atoms with Gasteiger partial charge in [-0.05, 0) is 73.9 Å². The molecular weight excluding hydrogens is 328 g/mol. The van der Waals surface area contributed by atoms with Crippen LogP contribution in [0.25, 0.3) is 0 Å². The first-order valence-corrected chi connectivity index (χ1v) is 10.5. The Labute approximate surface area is 147 Å². The van der Waals surface area contributed by atoms with Crippen LogP contribution in [0, 0.1) is 23.2 Å². The minimum Gasteiger partial charge on any atom is -0.394 e. The molecule has 6 heteroatoms. The number of hydrogen-bond donors (Lipinski definition) is 4. The van der Waals surface area contributed by atoms with Crippen molar-refractivity contribution in [1.29, 1.82) is 0 Å². The van der Waals surface area contributed by atoms with Crippen LogP contribution in [-0.2, 0) is 4.74 Å². The van der Waals surface area contributed by atoms with Crippen LogP contribution in [0.3, 0.4) is 0 Å². The average Bonchev–Trinajstić information content (AvgIpc) is 2.53. The predicted molar refractivity (Wildman–Crippen MR) is 91.4 cm³/mol. The molecule has 1 saturated heterocycles. The van der Waals surface area contributed by atoms with E-state index in [4.69, 9.17) is 4.74 Å². The molecule has 4 saturated carbocycles. The largest absolute Gasteiger partial charge is 0.394 e. The fraction of sp³-hybridized carbons (Fsp3) is 1.00. The lowest BCUT2D eigenvalue weighted by atomic mass is 9.49. The van der Waals surface area contributed by atoms with Crippen LogP contribution in [0.2, 0.25) is 0 Å². The maximum atomic E-state index is 10.1. The molecule has 5 aliphatic rings. The Hall–Kier alpha value is 0.150. The lowest BCUT2D eigenvalue weighted by Crippen LogP contribution is -2.57. The van der Waals surface area contributed by atoms with E-state index in [0.29, 0.717) is 5.41 Å². The van der Waals surface area contributed by atoms with Crippen molar-refractivity contribution in [3.63, 3.8) is 0 Å². The van der Waals surface area contributed by atoms with E-state index >= 15 is 0 Å². The summed E-state index contributed by atoms with van der Waals surface area (Å²) in [6.45, 7) is -0.350. The third kappa shape index (κ3) is 3.14. The summed E-state index contributed by atoms with van der Waals surface area (Å²) >= 11 is 1.52. The molecule has 0 aromatic carbocycles. The lowest BCUT2D eigenvalue weighted by Gasteiger charge is -2.57. The minimum atomic E-state index is -1.26. The third-order valence-corrected chi connectivity index (χ3v) is 8.09. The van der Waals surface area contributed by atoms with Crippen molar-refractivity contribution in [3.05, 3.63) is 0 Å². The van der Waals surface area contributed by atoms with Gasteiger partial charge in [-0.15, -0.1) is 11.8 Å². The van der Waals surface area contributed by atoms with E-state index in [9.17, 15) is 20.4 Å². The van der Waals surface area contributed by atoms with Gasteiger partial charge in [0.05, 0.1) is 6.61 Å². The third-order valence-electron chi connectivity index (χ3n) is 6.93. The quantitative estimate of drug-likeness (QED) is 0.589. The van der Waals surface area contributed by atoms with Crippen LogP contribution in [0.1, 0.15) is 44.9 Å². The number of ether oxygens (including phenoxy) is 1. The molecule has 0 radical (unpaired) electrons. The van der Waals surface area contributed by atoms with Gasteiger partial charge >= 0.3 is 0 Å². The van der Waals surface area contributed by atoms with Gasteiger partial charge in [0.1, 0.15) is 29.9 Å². The van der Waals surface area contributed by atoms with Crippen molar-refractivity contribution in [3.8, 4) is 0 Å².